The Balaban J connectivity index is 1.68. The Morgan fingerprint density at radius 1 is 1.16 bits per heavy atom. The molecule has 1 saturated heterocycles. The number of nitro groups is 1. The number of hydrogen-bond acceptors (Lipinski definition) is 5. The molecule has 1 heterocycles. The summed E-state index contributed by atoms with van der Waals surface area (Å²) in [5, 5.41) is 13.3. The molecule has 1 fully saturated rings. The lowest BCUT2D eigenvalue weighted by atomic mass is 10.1. The van der Waals surface area contributed by atoms with E-state index in [1.807, 2.05) is 0 Å². The molecule has 1 unspecified atom stereocenters. The molecular formula is C23H18FN3O4S. The molecule has 0 aliphatic carbocycles. The largest absolute Gasteiger partial charge is 0.322 e. The molecule has 0 bridgehead atoms. The second-order valence-corrected chi connectivity index (χ2v) is 8.23. The van der Waals surface area contributed by atoms with Gasteiger partial charge in [-0.2, -0.15) is 0 Å². The molecule has 0 saturated carbocycles. The third-order valence-corrected chi connectivity index (χ3v) is 6.35. The minimum atomic E-state index is -0.565. The number of nitrogens with one attached hydrogen (secondary N) is 1. The van der Waals surface area contributed by atoms with Crippen LogP contribution in [0.2, 0.25) is 0 Å². The number of benzene rings is 3. The van der Waals surface area contributed by atoms with Crippen molar-refractivity contribution in [1.82, 2.24) is 0 Å². The van der Waals surface area contributed by atoms with Crippen LogP contribution in [0.25, 0.3) is 0 Å². The Bertz CT molecular complexity index is 1230. The number of anilines is 2. The van der Waals surface area contributed by atoms with Crippen LogP contribution >= 0.6 is 11.8 Å². The van der Waals surface area contributed by atoms with Crippen LogP contribution in [0.3, 0.4) is 0 Å². The summed E-state index contributed by atoms with van der Waals surface area (Å²) in [5.41, 5.74) is 1.94. The highest BCUT2D eigenvalue weighted by Crippen LogP contribution is 2.45. The van der Waals surface area contributed by atoms with Crippen LogP contribution in [0.1, 0.15) is 26.9 Å². The van der Waals surface area contributed by atoms with Gasteiger partial charge in [0.15, 0.2) is 0 Å². The number of nitro benzene ring substituents is 1. The van der Waals surface area contributed by atoms with Crippen molar-refractivity contribution < 1.29 is 18.9 Å². The first-order chi connectivity index (χ1) is 15.4. The number of carbonyl (C=O) groups is 2. The zero-order chi connectivity index (χ0) is 22.8. The SMILES string of the molecule is Cc1c(F)cccc1N1C(=O)CSC1c1ccccc1NC(=O)c1cccc([N+](=O)[O-])c1. The maximum Gasteiger partial charge on any atom is 0.270 e. The summed E-state index contributed by atoms with van der Waals surface area (Å²) in [6.45, 7) is 1.62. The number of non-ortho nitro benzene ring substituents is 1. The molecule has 162 valence electrons. The van der Waals surface area contributed by atoms with Gasteiger partial charge in [-0.05, 0) is 31.2 Å². The summed E-state index contributed by atoms with van der Waals surface area (Å²) in [6.07, 6.45) is 0. The molecule has 1 aliphatic heterocycles. The Morgan fingerprint density at radius 3 is 2.69 bits per heavy atom. The third kappa shape index (κ3) is 4.06. The molecule has 1 N–H and O–H groups in total. The van der Waals surface area contributed by atoms with Gasteiger partial charge in [-0.1, -0.05) is 30.3 Å². The predicted octanol–water partition coefficient (Wildman–Crippen LogP) is 5.07. The highest BCUT2D eigenvalue weighted by Gasteiger charge is 2.36. The second-order valence-electron chi connectivity index (χ2n) is 7.16. The molecule has 1 atom stereocenters. The molecule has 0 aromatic heterocycles. The van der Waals surface area contributed by atoms with Crippen molar-refractivity contribution >= 4 is 40.6 Å². The molecule has 4 rings (SSSR count). The van der Waals surface area contributed by atoms with Gasteiger partial charge in [0.2, 0.25) is 5.91 Å². The Hall–Kier alpha value is -3.72. The van der Waals surface area contributed by atoms with E-state index in [2.05, 4.69) is 5.32 Å². The van der Waals surface area contributed by atoms with E-state index in [1.54, 1.807) is 48.2 Å². The van der Waals surface area contributed by atoms with Gasteiger partial charge < -0.3 is 5.32 Å². The molecule has 32 heavy (non-hydrogen) atoms. The minimum Gasteiger partial charge on any atom is -0.322 e. The lowest BCUT2D eigenvalue weighted by Gasteiger charge is -2.27. The number of amides is 2. The fourth-order valence-electron chi connectivity index (χ4n) is 3.55. The fraction of sp³-hybridized carbons (Fsp3) is 0.130. The van der Waals surface area contributed by atoms with Crippen LogP contribution in [0.4, 0.5) is 21.5 Å². The van der Waals surface area contributed by atoms with Crippen molar-refractivity contribution in [1.29, 1.82) is 0 Å². The number of rotatable bonds is 5. The number of thioether (sulfide) groups is 1. The quantitative estimate of drug-likeness (QED) is 0.432. The number of nitrogens with zero attached hydrogens (tertiary/aromatic N) is 2. The van der Waals surface area contributed by atoms with Crippen molar-refractivity contribution in [3.63, 3.8) is 0 Å². The van der Waals surface area contributed by atoms with Crippen molar-refractivity contribution in [3.8, 4) is 0 Å². The first-order valence-electron chi connectivity index (χ1n) is 9.70. The van der Waals surface area contributed by atoms with Gasteiger partial charge >= 0.3 is 0 Å². The molecule has 0 radical (unpaired) electrons. The molecule has 3 aromatic carbocycles. The minimum absolute atomic E-state index is 0.141. The van der Waals surface area contributed by atoms with Crippen LogP contribution in [-0.4, -0.2) is 22.5 Å². The van der Waals surface area contributed by atoms with E-state index in [9.17, 15) is 24.1 Å². The molecular weight excluding hydrogens is 433 g/mol. The predicted molar refractivity (Wildman–Crippen MR) is 121 cm³/mol. The number of halogens is 1. The van der Waals surface area contributed by atoms with Crippen molar-refractivity contribution in [2.24, 2.45) is 0 Å². The van der Waals surface area contributed by atoms with Crippen molar-refractivity contribution in [2.45, 2.75) is 12.3 Å². The maximum absolute atomic E-state index is 14.2. The maximum atomic E-state index is 14.2. The van der Waals surface area contributed by atoms with Crippen molar-refractivity contribution in [2.75, 3.05) is 16.0 Å². The van der Waals surface area contributed by atoms with E-state index in [0.29, 0.717) is 22.5 Å². The van der Waals surface area contributed by atoms with Crippen LogP contribution in [-0.2, 0) is 4.79 Å². The average Bonchev–Trinajstić information content (AvgIpc) is 3.17. The summed E-state index contributed by atoms with van der Waals surface area (Å²) in [6, 6.07) is 17.1. The van der Waals surface area contributed by atoms with E-state index < -0.39 is 22.0 Å². The average molecular weight is 451 g/mol. The van der Waals surface area contributed by atoms with Gasteiger partial charge in [0.05, 0.1) is 16.4 Å². The Kier molecular flexibility index (Phi) is 5.91. The van der Waals surface area contributed by atoms with Gasteiger partial charge in [0, 0.05) is 34.5 Å². The van der Waals surface area contributed by atoms with Crippen molar-refractivity contribution in [3.05, 3.63) is 99.4 Å². The first-order valence-corrected chi connectivity index (χ1v) is 10.7. The van der Waals surface area contributed by atoms with Crippen LogP contribution in [0.5, 0.6) is 0 Å². The lowest BCUT2D eigenvalue weighted by Crippen LogP contribution is -2.29. The summed E-state index contributed by atoms with van der Waals surface area (Å²) < 4.78 is 14.2. The zero-order valence-corrected chi connectivity index (χ0v) is 17.8. The number of para-hydroxylation sites is 1. The Labute approximate surface area is 187 Å². The van der Waals surface area contributed by atoms with E-state index in [0.717, 1.165) is 0 Å². The standard InChI is InChI=1S/C23H18FN3O4S/c1-14-18(24)9-5-11-20(14)26-21(28)13-32-23(26)17-8-2-3-10-19(17)25-22(29)15-6-4-7-16(12-15)27(30)31/h2-12,23H,13H2,1H3,(H,25,29). The zero-order valence-electron chi connectivity index (χ0n) is 16.9. The second kappa shape index (κ2) is 8.80. The van der Waals surface area contributed by atoms with Gasteiger partial charge in [-0.15, -0.1) is 11.8 Å². The summed E-state index contributed by atoms with van der Waals surface area (Å²) in [4.78, 5) is 37.5. The van der Waals surface area contributed by atoms with Gasteiger partial charge in [-0.25, -0.2) is 4.39 Å². The highest BCUT2D eigenvalue weighted by atomic mass is 32.2. The third-order valence-electron chi connectivity index (χ3n) is 5.16. The summed E-state index contributed by atoms with van der Waals surface area (Å²) in [5.74, 6) is -0.857. The lowest BCUT2D eigenvalue weighted by molar-refractivity contribution is -0.384. The summed E-state index contributed by atoms with van der Waals surface area (Å²) >= 11 is 1.38. The molecule has 9 heteroatoms. The van der Waals surface area contributed by atoms with E-state index in [-0.39, 0.29) is 22.9 Å². The van der Waals surface area contributed by atoms with Gasteiger partial charge in [0.25, 0.3) is 11.6 Å². The normalized spacial score (nSPS) is 15.6. The Morgan fingerprint density at radius 2 is 1.91 bits per heavy atom. The number of carbonyl (C=O) groups excluding carboxylic acids is 2. The number of hydrogen-bond donors (Lipinski definition) is 1. The van der Waals surface area contributed by atoms with Gasteiger partial charge in [0.1, 0.15) is 11.2 Å². The van der Waals surface area contributed by atoms with Crippen LogP contribution in [0, 0.1) is 22.9 Å². The van der Waals surface area contributed by atoms with E-state index in [1.165, 1.54) is 42.1 Å². The van der Waals surface area contributed by atoms with Crippen LogP contribution < -0.4 is 10.2 Å². The molecule has 7 nitrogen and oxygen atoms in total. The first kappa shape index (κ1) is 21.5. The van der Waals surface area contributed by atoms with Crippen LogP contribution in [0.15, 0.2) is 66.7 Å². The van der Waals surface area contributed by atoms with Gasteiger partial charge in [-0.3, -0.25) is 24.6 Å². The summed E-state index contributed by atoms with van der Waals surface area (Å²) in [7, 11) is 0. The molecule has 0 spiro atoms. The monoisotopic (exact) mass is 451 g/mol. The topological polar surface area (TPSA) is 92.6 Å². The highest BCUT2D eigenvalue weighted by molar-refractivity contribution is 8.00. The smallest absolute Gasteiger partial charge is 0.270 e. The molecule has 1 aliphatic rings. The molecule has 3 aromatic rings. The van der Waals surface area contributed by atoms with E-state index >= 15 is 0 Å². The molecule has 2 amide bonds. The fourth-order valence-corrected chi connectivity index (χ4v) is 4.76. The van der Waals surface area contributed by atoms with E-state index in [4.69, 9.17) is 0 Å².